The van der Waals surface area contributed by atoms with Crippen LogP contribution in [0.4, 0.5) is 5.69 Å². The molecule has 0 bridgehead atoms. The maximum Gasteiger partial charge on any atom is 0.264 e. The molecule has 0 aliphatic carbocycles. The maximum atomic E-state index is 13.3. The highest BCUT2D eigenvalue weighted by atomic mass is 32.2. The van der Waals surface area contributed by atoms with Gasteiger partial charge in [-0.15, -0.1) is 0 Å². The second-order valence-corrected chi connectivity index (χ2v) is 9.58. The number of rotatable bonds is 11. The molecule has 1 N–H and O–H groups in total. The van der Waals surface area contributed by atoms with E-state index in [1.807, 2.05) is 39.0 Å². The molecule has 0 aliphatic heterocycles. The molecule has 3 rings (SSSR count). The first-order valence-electron chi connectivity index (χ1n) is 11.1. The van der Waals surface area contributed by atoms with Crippen LogP contribution in [0.15, 0.2) is 77.7 Å². The van der Waals surface area contributed by atoms with Gasteiger partial charge in [0, 0.05) is 0 Å². The van der Waals surface area contributed by atoms with Crippen molar-refractivity contribution in [1.29, 1.82) is 0 Å². The number of ether oxygens (including phenoxy) is 2. The van der Waals surface area contributed by atoms with Gasteiger partial charge >= 0.3 is 0 Å². The summed E-state index contributed by atoms with van der Waals surface area (Å²) in [7, 11) is -3.96. The van der Waals surface area contributed by atoms with Crippen molar-refractivity contribution in [3.05, 3.63) is 83.9 Å². The van der Waals surface area contributed by atoms with E-state index < -0.39 is 15.9 Å². The fourth-order valence-corrected chi connectivity index (χ4v) is 4.85. The van der Waals surface area contributed by atoms with Gasteiger partial charge in [-0.05, 0) is 68.8 Å². The van der Waals surface area contributed by atoms with E-state index in [4.69, 9.17) is 9.47 Å². The number of sulfonamides is 1. The van der Waals surface area contributed by atoms with Crippen molar-refractivity contribution >= 4 is 21.6 Å². The number of carbonyl (C=O) groups excluding carboxylic acids is 1. The lowest BCUT2D eigenvalue weighted by Gasteiger charge is -2.24. The van der Waals surface area contributed by atoms with Gasteiger partial charge in [0.25, 0.3) is 10.0 Å². The Morgan fingerprint density at radius 1 is 0.941 bits per heavy atom. The molecule has 0 saturated carbocycles. The predicted molar refractivity (Wildman–Crippen MR) is 133 cm³/mol. The van der Waals surface area contributed by atoms with Crippen LogP contribution < -0.4 is 19.1 Å². The number of carbonyl (C=O) groups is 1. The predicted octanol–water partition coefficient (Wildman–Crippen LogP) is 4.09. The Labute approximate surface area is 201 Å². The summed E-state index contributed by atoms with van der Waals surface area (Å²) in [6.45, 7) is 6.49. The molecule has 0 fully saturated rings. The SMILES string of the molecule is CCOc1ccc(N(CC(=O)NCCOc2ccc(C)cc2C)S(=O)(=O)c2ccccc2)cc1. The molecule has 0 spiro atoms. The largest absolute Gasteiger partial charge is 0.494 e. The third-order valence-corrected chi connectivity index (χ3v) is 6.85. The molecule has 7 nitrogen and oxygen atoms in total. The molecule has 1 amide bonds. The van der Waals surface area contributed by atoms with E-state index in [1.165, 1.54) is 12.1 Å². The summed E-state index contributed by atoms with van der Waals surface area (Å²) in [5, 5.41) is 2.74. The number of anilines is 1. The van der Waals surface area contributed by atoms with Crippen LogP contribution in [0.2, 0.25) is 0 Å². The third kappa shape index (κ3) is 6.51. The Morgan fingerprint density at radius 3 is 2.29 bits per heavy atom. The summed E-state index contributed by atoms with van der Waals surface area (Å²) >= 11 is 0. The second-order valence-electron chi connectivity index (χ2n) is 7.72. The fourth-order valence-electron chi connectivity index (χ4n) is 3.41. The molecule has 180 valence electrons. The zero-order chi connectivity index (χ0) is 24.6. The quantitative estimate of drug-likeness (QED) is 0.416. The topological polar surface area (TPSA) is 84.9 Å². The van der Waals surface area contributed by atoms with Gasteiger partial charge in [-0.1, -0.05) is 35.9 Å². The molecule has 0 aliphatic rings. The summed E-state index contributed by atoms with van der Waals surface area (Å²) in [6.07, 6.45) is 0. The van der Waals surface area contributed by atoms with Crippen molar-refractivity contribution in [2.24, 2.45) is 0 Å². The summed E-state index contributed by atoms with van der Waals surface area (Å²) in [5.74, 6) is 0.941. The van der Waals surface area contributed by atoms with Gasteiger partial charge in [-0.25, -0.2) is 8.42 Å². The average molecular weight is 483 g/mol. The van der Waals surface area contributed by atoms with E-state index in [0.717, 1.165) is 21.2 Å². The van der Waals surface area contributed by atoms with Gasteiger partial charge < -0.3 is 14.8 Å². The fraction of sp³-hybridized carbons (Fsp3) is 0.269. The first kappa shape index (κ1) is 25.1. The van der Waals surface area contributed by atoms with Crippen molar-refractivity contribution in [3.8, 4) is 11.5 Å². The van der Waals surface area contributed by atoms with Crippen LogP contribution in [0.3, 0.4) is 0 Å². The van der Waals surface area contributed by atoms with E-state index in [1.54, 1.807) is 42.5 Å². The normalized spacial score (nSPS) is 11.0. The lowest BCUT2D eigenvalue weighted by atomic mass is 10.1. The van der Waals surface area contributed by atoms with E-state index in [9.17, 15) is 13.2 Å². The monoisotopic (exact) mass is 482 g/mol. The highest BCUT2D eigenvalue weighted by molar-refractivity contribution is 7.92. The number of benzene rings is 3. The van der Waals surface area contributed by atoms with Gasteiger partial charge in [0.2, 0.25) is 5.91 Å². The van der Waals surface area contributed by atoms with Crippen LogP contribution in [-0.2, 0) is 14.8 Å². The molecular formula is C26H30N2O5S. The van der Waals surface area contributed by atoms with Crippen molar-refractivity contribution in [1.82, 2.24) is 5.32 Å². The summed E-state index contributed by atoms with van der Waals surface area (Å²) in [4.78, 5) is 12.8. The Balaban J connectivity index is 1.70. The molecule has 0 atom stereocenters. The van der Waals surface area contributed by atoms with Gasteiger partial charge in [0.05, 0.1) is 23.7 Å². The molecule has 0 radical (unpaired) electrons. The molecule has 0 aromatic heterocycles. The van der Waals surface area contributed by atoms with Crippen LogP contribution in [0, 0.1) is 13.8 Å². The smallest absolute Gasteiger partial charge is 0.264 e. The first-order valence-corrected chi connectivity index (χ1v) is 12.5. The lowest BCUT2D eigenvalue weighted by Crippen LogP contribution is -2.41. The number of hydrogen-bond acceptors (Lipinski definition) is 5. The van der Waals surface area contributed by atoms with Gasteiger partial charge in [-0.3, -0.25) is 9.10 Å². The highest BCUT2D eigenvalue weighted by Gasteiger charge is 2.27. The van der Waals surface area contributed by atoms with E-state index in [-0.39, 0.29) is 24.6 Å². The Hall–Kier alpha value is -3.52. The Morgan fingerprint density at radius 2 is 1.65 bits per heavy atom. The van der Waals surface area contributed by atoms with Crippen molar-refractivity contribution in [2.45, 2.75) is 25.7 Å². The number of nitrogens with zero attached hydrogens (tertiary/aromatic N) is 1. The van der Waals surface area contributed by atoms with Crippen LogP contribution in [0.25, 0.3) is 0 Å². The van der Waals surface area contributed by atoms with Gasteiger partial charge in [-0.2, -0.15) is 0 Å². The van der Waals surface area contributed by atoms with Crippen LogP contribution in [0.5, 0.6) is 11.5 Å². The third-order valence-electron chi connectivity index (χ3n) is 5.07. The average Bonchev–Trinajstić information content (AvgIpc) is 2.83. The standard InChI is InChI=1S/C26H30N2O5S/c1-4-32-23-13-11-22(12-14-23)28(34(30,31)24-8-6-5-7-9-24)19-26(29)27-16-17-33-25-15-10-20(2)18-21(25)3/h5-15,18H,4,16-17,19H2,1-3H3,(H,27,29). The molecule has 0 unspecified atom stereocenters. The van der Waals surface area contributed by atoms with Gasteiger partial charge in [0.1, 0.15) is 24.7 Å². The zero-order valence-corrected chi connectivity index (χ0v) is 20.5. The van der Waals surface area contributed by atoms with Gasteiger partial charge in [0.15, 0.2) is 0 Å². The number of nitrogens with one attached hydrogen (secondary N) is 1. The number of aryl methyl sites for hydroxylation is 2. The van der Waals surface area contributed by atoms with Crippen LogP contribution in [0.1, 0.15) is 18.1 Å². The molecule has 8 heteroatoms. The molecule has 34 heavy (non-hydrogen) atoms. The Kier molecular flexibility index (Phi) is 8.54. The van der Waals surface area contributed by atoms with Crippen LogP contribution >= 0.6 is 0 Å². The van der Waals surface area contributed by atoms with E-state index >= 15 is 0 Å². The maximum absolute atomic E-state index is 13.3. The van der Waals surface area contributed by atoms with Crippen LogP contribution in [-0.4, -0.2) is 40.6 Å². The number of amides is 1. The van der Waals surface area contributed by atoms with E-state index in [2.05, 4.69) is 5.32 Å². The summed E-state index contributed by atoms with van der Waals surface area (Å²) in [6, 6.07) is 20.5. The highest BCUT2D eigenvalue weighted by Crippen LogP contribution is 2.25. The second kappa shape index (κ2) is 11.6. The van der Waals surface area contributed by atoms with Crippen molar-refractivity contribution in [3.63, 3.8) is 0 Å². The van der Waals surface area contributed by atoms with Crippen molar-refractivity contribution in [2.75, 3.05) is 30.6 Å². The van der Waals surface area contributed by atoms with Crippen molar-refractivity contribution < 1.29 is 22.7 Å². The minimum atomic E-state index is -3.96. The zero-order valence-electron chi connectivity index (χ0n) is 19.7. The Bertz CT molecular complexity index is 1200. The minimum Gasteiger partial charge on any atom is -0.494 e. The molecule has 3 aromatic carbocycles. The number of hydrogen-bond donors (Lipinski definition) is 1. The summed E-state index contributed by atoms with van der Waals surface area (Å²) < 4.78 is 39.0. The first-order chi connectivity index (χ1) is 16.3. The van der Waals surface area contributed by atoms with E-state index in [0.29, 0.717) is 18.0 Å². The minimum absolute atomic E-state index is 0.106. The molecule has 3 aromatic rings. The molecule has 0 heterocycles. The molecule has 0 saturated heterocycles. The molecular weight excluding hydrogens is 452 g/mol. The summed E-state index contributed by atoms with van der Waals surface area (Å²) in [5.41, 5.74) is 2.53. The lowest BCUT2D eigenvalue weighted by molar-refractivity contribution is -0.119.